The molecule has 1 rings (SSSR count). The Labute approximate surface area is 91.4 Å². The number of aliphatic hydroxyl groups is 1. The summed E-state index contributed by atoms with van der Waals surface area (Å²) in [6.07, 6.45) is 2.30. The molecule has 0 bridgehead atoms. The van der Waals surface area contributed by atoms with E-state index in [4.69, 9.17) is 0 Å². The predicted molar refractivity (Wildman–Crippen MR) is 59.5 cm³/mol. The van der Waals surface area contributed by atoms with Crippen molar-refractivity contribution in [3.05, 3.63) is 0 Å². The Bertz CT molecular complexity index is 223. The number of hydrogen-bond donors (Lipinski definition) is 3. The molecule has 1 fully saturated rings. The van der Waals surface area contributed by atoms with Gasteiger partial charge in [-0.25, -0.2) is 0 Å². The minimum Gasteiger partial charge on any atom is -0.392 e. The first kappa shape index (κ1) is 12.5. The number of carbonyl (C=O) groups is 1. The van der Waals surface area contributed by atoms with E-state index in [1.165, 1.54) is 0 Å². The lowest BCUT2D eigenvalue weighted by molar-refractivity contribution is -0.121. The number of hydrogen-bond acceptors (Lipinski definition) is 3. The molecule has 1 saturated carbocycles. The smallest absolute Gasteiger partial charge is 0.221 e. The van der Waals surface area contributed by atoms with Crippen molar-refractivity contribution in [3.63, 3.8) is 0 Å². The van der Waals surface area contributed by atoms with E-state index in [9.17, 15) is 9.90 Å². The van der Waals surface area contributed by atoms with Gasteiger partial charge in [-0.15, -0.1) is 0 Å². The number of aliphatic hydroxyl groups excluding tert-OH is 1. The summed E-state index contributed by atoms with van der Waals surface area (Å²) in [5, 5.41) is 15.5. The molecule has 0 aliphatic heterocycles. The highest BCUT2D eigenvalue weighted by atomic mass is 16.3. The normalized spacial score (nSPS) is 18.7. The van der Waals surface area contributed by atoms with Gasteiger partial charge >= 0.3 is 0 Å². The monoisotopic (exact) mass is 214 g/mol. The van der Waals surface area contributed by atoms with Crippen molar-refractivity contribution in [2.24, 2.45) is 0 Å². The van der Waals surface area contributed by atoms with Gasteiger partial charge in [-0.05, 0) is 33.6 Å². The maximum atomic E-state index is 11.3. The Morgan fingerprint density at radius 3 is 2.60 bits per heavy atom. The highest BCUT2D eigenvalue weighted by molar-refractivity contribution is 5.76. The summed E-state index contributed by atoms with van der Waals surface area (Å²) < 4.78 is 0. The fraction of sp³-hybridized carbons (Fsp3) is 0.909. The molecule has 4 heteroatoms. The van der Waals surface area contributed by atoms with E-state index >= 15 is 0 Å². The summed E-state index contributed by atoms with van der Waals surface area (Å²) in [4.78, 5) is 11.3. The molecule has 1 aliphatic rings. The predicted octanol–water partition coefficient (Wildman–Crippen LogP) is 0.404. The van der Waals surface area contributed by atoms with Gasteiger partial charge in [0.15, 0.2) is 0 Å². The van der Waals surface area contributed by atoms with Crippen LogP contribution in [0.1, 0.15) is 40.0 Å². The zero-order chi connectivity index (χ0) is 11.5. The van der Waals surface area contributed by atoms with Crippen LogP contribution in [-0.2, 0) is 4.79 Å². The molecule has 0 aromatic rings. The van der Waals surface area contributed by atoms with Gasteiger partial charge in [-0.3, -0.25) is 4.79 Å². The summed E-state index contributed by atoms with van der Waals surface area (Å²) in [7, 11) is 0. The van der Waals surface area contributed by atoms with E-state index in [1.807, 2.05) is 13.8 Å². The molecular formula is C11H22N2O2. The Hall–Kier alpha value is -0.610. The van der Waals surface area contributed by atoms with Crippen LogP contribution in [0.4, 0.5) is 0 Å². The van der Waals surface area contributed by atoms with Gasteiger partial charge in [0.05, 0.1) is 6.10 Å². The van der Waals surface area contributed by atoms with Crippen molar-refractivity contribution < 1.29 is 9.90 Å². The lowest BCUT2D eigenvalue weighted by atomic mass is 9.99. The van der Waals surface area contributed by atoms with Crippen molar-refractivity contribution in [1.82, 2.24) is 10.6 Å². The third kappa shape index (κ3) is 4.62. The van der Waals surface area contributed by atoms with Gasteiger partial charge < -0.3 is 15.7 Å². The standard InChI is InChI=1S/C11H22N2O2/c1-8(14)11(2,3)12-7-6-10(15)13-9-4-5-9/h8-9,12,14H,4-7H2,1-3H3,(H,13,15). The summed E-state index contributed by atoms with van der Waals surface area (Å²) in [6.45, 7) is 6.21. The number of rotatable bonds is 6. The third-order valence-corrected chi connectivity index (χ3v) is 2.92. The Kier molecular flexibility index (Phi) is 4.11. The zero-order valence-electron chi connectivity index (χ0n) is 9.84. The zero-order valence-corrected chi connectivity index (χ0v) is 9.84. The molecule has 4 nitrogen and oxygen atoms in total. The van der Waals surface area contributed by atoms with E-state index in [1.54, 1.807) is 6.92 Å². The van der Waals surface area contributed by atoms with Crippen LogP contribution in [0.2, 0.25) is 0 Å². The quantitative estimate of drug-likeness (QED) is 0.600. The van der Waals surface area contributed by atoms with Gasteiger partial charge in [-0.1, -0.05) is 0 Å². The molecule has 0 aromatic carbocycles. The fourth-order valence-electron chi connectivity index (χ4n) is 1.17. The van der Waals surface area contributed by atoms with E-state index in [2.05, 4.69) is 10.6 Å². The molecule has 1 amide bonds. The molecule has 0 spiro atoms. The van der Waals surface area contributed by atoms with Crippen LogP contribution < -0.4 is 10.6 Å². The molecule has 1 aliphatic carbocycles. The number of nitrogens with one attached hydrogen (secondary N) is 2. The third-order valence-electron chi connectivity index (χ3n) is 2.92. The summed E-state index contributed by atoms with van der Waals surface area (Å²) in [5.74, 6) is 0.103. The van der Waals surface area contributed by atoms with Crippen LogP contribution in [0.3, 0.4) is 0 Å². The van der Waals surface area contributed by atoms with Crippen molar-refractivity contribution >= 4 is 5.91 Å². The van der Waals surface area contributed by atoms with Gasteiger partial charge in [0, 0.05) is 24.5 Å². The van der Waals surface area contributed by atoms with E-state index in [-0.39, 0.29) is 11.4 Å². The average Bonchev–Trinajstić information content (AvgIpc) is 2.87. The molecule has 3 N–H and O–H groups in total. The van der Waals surface area contributed by atoms with Gasteiger partial charge in [-0.2, -0.15) is 0 Å². The molecule has 0 radical (unpaired) electrons. The van der Waals surface area contributed by atoms with Crippen LogP contribution in [0, 0.1) is 0 Å². The maximum Gasteiger partial charge on any atom is 0.221 e. The largest absolute Gasteiger partial charge is 0.392 e. The lowest BCUT2D eigenvalue weighted by Gasteiger charge is -2.29. The highest BCUT2D eigenvalue weighted by Crippen LogP contribution is 2.18. The SMILES string of the molecule is CC(O)C(C)(C)NCCC(=O)NC1CC1. The first-order valence-corrected chi connectivity index (χ1v) is 5.64. The second kappa shape index (κ2) is 4.94. The first-order valence-electron chi connectivity index (χ1n) is 5.64. The van der Waals surface area contributed by atoms with Gasteiger partial charge in [0.25, 0.3) is 0 Å². The molecule has 0 heterocycles. The van der Waals surface area contributed by atoms with Gasteiger partial charge in [0.1, 0.15) is 0 Å². The Balaban J connectivity index is 2.11. The molecule has 88 valence electrons. The molecular weight excluding hydrogens is 192 g/mol. The van der Waals surface area contributed by atoms with Crippen molar-refractivity contribution in [2.75, 3.05) is 6.54 Å². The molecule has 0 aromatic heterocycles. The molecule has 15 heavy (non-hydrogen) atoms. The van der Waals surface area contributed by atoms with E-state index < -0.39 is 6.10 Å². The van der Waals surface area contributed by atoms with Crippen molar-refractivity contribution in [3.8, 4) is 0 Å². The minimum atomic E-state index is -0.427. The van der Waals surface area contributed by atoms with Crippen LogP contribution >= 0.6 is 0 Å². The Morgan fingerprint density at radius 1 is 1.53 bits per heavy atom. The number of amides is 1. The summed E-state index contributed by atoms with van der Waals surface area (Å²) >= 11 is 0. The van der Waals surface area contributed by atoms with Crippen molar-refractivity contribution in [2.45, 2.75) is 57.7 Å². The van der Waals surface area contributed by atoms with E-state index in [0.717, 1.165) is 12.8 Å². The summed E-state index contributed by atoms with van der Waals surface area (Å²) in [6, 6.07) is 0.433. The average molecular weight is 214 g/mol. The van der Waals surface area contributed by atoms with Crippen LogP contribution in [0.5, 0.6) is 0 Å². The Morgan fingerprint density at radius 2 is 2.13 bits per heavy atom. The van der Waals surface area contributed by atoms with E-state index in [0.29, 0.717) is 19.0 Å². The molecule has 1 atom stereocenters. The van der Waals surface area contributed by atoms with Crippen LogP contribution in [0.15, 0.2) is 0 Å². The van der Waals surface area contributed by atoms with Gasteiger partial charge in [0.2, 0.25) is 5.91 Å². The second-order valence-electron chi connectivity index (χ2n) is 4.92. The molecule has 1 unspecified atom stereocenters. The minimum absolute atomic E-state index is 0.103. The van der Waals surface area contributed by atoms with Crippen LogP contribution in [0.25, 0.3) is 0 Å². The first-order chi connectivity index (χ1) is 6.92. The topological polar surface area (TPSA) is 61.4 Å². The second-order valence-corrected chi connectivity index (χ2v) is 4.92. The van der Waals surface area contributed by atoms with Crippen molar-refractivity contribution in [1.29, 1.82) is 0 Å². The van der Waals surface area contributed by atoms with Crippen LogP contribution in [-0.4, -0.2) is 35.2 Å². The number of carbonyl (C=O) groups excluding carboxylic acids is 1. The molecule has 0 saturated heterocycles. The summed E-state index contributed by atoms with van der Waals surface area (Å²) in [5.41, 5.74) is -0.333. The fourth-order valence-corrected chi connectivity index (χ4v) is 1.17. The maximum absolute atomic E-state index is 11.3. The highest BCUT2D eigenvalue weighted by Gasteiger charge is 2.25. The lowest BCUT2D eigenvalue weighted by Crippen LogP contribution is -2.49.